The second kappa shape index (κ2) is 7.48. The van der Waals surface area contributed by atoms with Crippen molar-refractivity contribution < 1.29 is 29.2 Å². The van der Waals surface area contributed by atoms with Crippen LogP contribution < -0.4 is 14.2 Å². The molecule has 7 nitrogen and oxygen atoms in total. The van der Waals surface area contributed by atoms with Crippen LogP contribution in [0.1, 0.15) is 41.7 Å². The minimum absolute atomic E-state index is 0.0290. The van der Waals surface area contributed by atoms with Crippen LogP contribution in [0.3, 0.4) is 0 Å². The predicted molar refractivity (Wildman–Crippen MR) is 92.9 cm³/mol. The van der Waals surface area contributed by atoms with Gasteiger partial charge in [-0.3, -0.25) is 0 Å². The largest absolute Gasteiger partial charge is 0.493 e. The number of hydrogen-bond acceptors (Lipinski definition) is 5. The summed E-state index contributed by atoms with van der Waals surface area (Å²) in [4.78, 5) is 14.5. The molecule has 7 heteroatoms. The summed E-state index contributed by atoms with van der Waals surface area (Å²) < 4.78 is 16.2. The van der Waals surface area contributed by atoms with Gasteiger partial charge in [0, 0.05) is 22.4 Å². The second-order valence-electron chi connectivity index (χ2n) is 5.48. The molecule has 0 amide bonds. The third-order valence-electron chi connectivity index (χ3n) is 4.08. The molecule has 3 N–H and O–H groups in total. The van der Waals surface area contributed by atoms with E-state index >= 15 is 0 Å². The van der Waals surface area contributed by atoms with Crippen molar-refractivity contribution in [2.45, 2.75) is 26.4 Å². The highest BCUT2D eigenvalue weighted by Crippen LogP contribution is 2.47. The summed E-state index contributed by atoms with van der Waals surface area (Å²) >= 11 is 0. The number of aromatic carboxylic acids is 1. The van der Waals surface area contributed by atoms with Crippen molar-refractivity contribution >= 4 is 5.97 Å². The Morgan fingerprint density at radius 1 is 1.16 bits per heavy atom. The highest BCUT2D eigenvalue weighted by molar-refractivity contribution is 5.93. The van der Waals surface area contributed by atoms with Gasteiger partial charge in [0.05, 0.1) is 27.4 Å². The van der Waals surface area contributed by atoms with Crippen molar-refractivity contribution in [3.05, 3.63) is 29.1 Å². The number of rotatable bonds is 7. The van der Waals surface area contributed by atoms with Gasteiger partial charge in [-0.1, -0.05) is 6.92 Å². The summed E-state index contributed by atoms with van der Waals surface area (Å²) in [5.41, 5.74) is 2.21. The van der Waals surface area contributed by atoms with Gasteiger partial charge in [0.1, 0.15) is 5.69 Å². The van der Waals surface area contributed by atoms with E-state index in [9.17, 15) is 15.0 Å². The summed E-state index contributed by atoms with van der Waals surface area (Å²) in [5, 5.41) is 19.7. The van der Waals surface area contributed by atoms with Crippen molar-refractivity contribution in [1.82, 2.24) is 4.98 Å². The number of benzene rings is 1. The number of aliphatic hydroxyl groups excluding tert-OH is 1. The van der Waals surface area contributed by atoms with Crippen molar-refractivity contribution in [3.63, 3.8) is 0 Å². The highest BCUT2D eigenvalue weighted by Gasteiger charge is 2.28. The lowest BCUT2D eigenvalue weighted by Crippen LogP contribution is -2.05. The van der Waals surface area contributed by atoms with Crippen LogP contribution in [0.25, 0.3) is 11.1 Å². The zero-order valence-corrected chi connectivity index (χ0v) is 15.0. The Kier molecular flexibility index (Phi) is 5.58. The molecule has 0 aliphatic carbocycles. The van der Waals surface area contributed by atoms with Crippen LogP contribution in [0.5, 0.6) is 17.2 Å². The molecule has 0 aliphatic heterocycles. The van der Waals surface area contributed by atoms with Gasteiger partial charge in [0.2, 0.25) is 5.75 Å². The van der Waals surface area contributed by atoms with E-state index in [1.165, 1.54) is 28.3 Å². The smallest absolute Gasteiger partial charge is 0.352 e. The zero-order valence-electron chi connectivity index (χ0n) is 15.0. The first-order valence-electron chi connectivity index (χ1n) is 7.86. The lowest BCUT2D eigenvalue weighted by molar-refractivity contribution is 0.0684. The van der Waals surface area contributed by atoms with Gasteiger partial charge in [-0.15, -0.1) is 0 Å². The minimum atomic E-state index is -1.13. The van der Waals surface area contributed by atoms with Gasteiger partial charge >= 0.3 is 5.97 Å². The molecule has 1 heterocycles. The van der Waals surface area contributed by atoms with Crippen molar-refractivity contribution in [1.29, 1.82) is 0 Å². The fraction of sp³-hybridized carbons (Fsp3) is 0.389. The fourth-order valence-electron chi connectivity index (χ4n) is 3.03. The van der Waals surface area contributed by atoms with E-state index in [1.54, 1.807) is 12.1 Å². The normalized spacial score (nSPS) is 11.9. The number of methoxy groups -OCH3 is 3. The van der Waals surface area contributed by atoms with Gasteiger partial charge in [0.15, 0.2) is 11.5 Å². The number of carboxylic acids is 1. The van der Waals surface area contributed by atoms with E-state index in [-0.39, 0.29) is 5.69 Å². The maximum atomic E-state index is 11.6. The first kappa shape index (κ1) is 18.7. The number of carboxylic acid groups (broad SMARTS) is 1. The number of nitrogens with one attached hydrogen (secondary N) is 1. The van der Waals surface area contributed by atoms with E-state index < -0.39 is 12.1 Å². The summed E-state index contributed by atoms with van der Waals surface area (Å²) in [5.74, 6) is 0.179. The molecule has 1 unspecified atom stereocenters. The molecule has 1 atom stereocenters. The molecule has 1 aromatic heterocycles. The number of aromatic amines is 1. The number of aryl methyl sites for hydroxylation is 1. The monoisotopic (exact) mass is 349 g/mol. The van der Waals surface area contributed by atoms with E-state index in [2.05, 4.69) is 4.98 Å². The van der Waals surface area contributed by atoms with Gasteiger partial charge < -0.3 is 29.4 Å². The molecule has 2 rings (SSSR count). The number of hydrogen-bond donors (Lipinski definition) is 3. The van der Waals surface area contributed by atoms with Crippen molar-refractivity contribution in [3.8, 4) is 28.4 Å². The van der Waals surface area contributed by atoms with Gasteiger partial charge in [0.25, 0.3) is 0 Å². The molecule has 0 saturated heterocycles. The summed E-state index contributed by atoms with van der Waals surface area (Å²) in [6, 6.07) is 3.48. The molecule has 0 spiro atoms. The first-order valence-corrected chi connectivity index (χ1v) is 7.86. The minimum Gasteiger partial charge on any atom is -0.493 e. The molecule has 0 fully saturated rings. The Morgan fingerprint density at radius 3 is 2.24 bits per heavy atom. The number of aromatic nitrogens is 1. The molecule has 136 valence electrons. The fourth-order valence-corrected chi connectivity index (χ4v) is 3.03. The van der Waals surface area contributed by atoms with E-state index in [4.69, 9.17) is 14.2 Å². The van der Waals surface area contributed by atoms with Crippen LogP contribution in [0.4, 0.5) is 0 Å². The SMILES string of the molecule is CCc1[nH]c(C(=O)O)c(C(C)O)c1-c1ccc(OC)c(OC)c1OC. The Morgan fingerprint density at radius 2 is 1.80 bits per heavy atom. The van der Waals surface area contributed by atoms with Crippen LogP contribution in [-0.4, -0.2) is 42.5 Å². The molecule has 25 heavy (non-hydrogen) atoms. The average molecular weight is 349 g/mol. The Balaban J connectivity index is 2.88. The van der Waals surface area contributed by atoms with Gasteiger partial charge in [-0.25, -0.2) is 4.79 Å². The van der Waals surface area contributed by atoms with Crippen LogP contribution in [0.2, 0.25) is 0 Å². The first-order chi connectivity index (χ1) is 11.9. The van der Waals surface area contributed by atoms with E-state index in [0.29, 0.717) is 46.1 Å². The lowest BCUT2D eigenvalue weighted by Gasteiger charge is -2.18. The summed E-state index contributed by atoms with van der Waals surface area (Å²) in [6.45, 7) is 3.44. The van der Waals surface area contributed by atoms with Gasteiger partial charge in [-0.05, 0) is 25.5 Å². The second-order valence-corrected chi connectivity index (χ2v) is 5.48. The number of carbonyl (C=O) groups is 1. The molecule has 0 radical (unpaired) electrons. The Bertz CT molecular complexity index is 778. The summed E-state index contributed by atoms with van der Waals surface area (Å²) in [7, 11) is 4.52. The maximum Gasteiger partial charge on any atom is 0.352 e. The molecule has 0 bridgehead atoms. The quantitative estimate of drug-likeness (QED) is 0.710. The Hall–Kier alpha value is -2.67. The maximum absolute atomic E-state index is 11.6. The molecule has 0 saturated carbocycles. The topological polar surface area (TPSA) is 101 Å². The summed E-state index contributed by atoms with van der Waals surface area (Å²) in [6.07, 6.45) is -0.421. The van der Waals surface area contributed by atoms with Crippen LogP contribution >= 0.6 is 0 Å². The molecule has 2 aromatic rings. The number of aliphatic hydroxyl groups is 1. The average Bonchev–Trinajstić information content (AvgIpc) is 3.00. The highest BCUT2D eigenvalue weighted by atomic mass is 16.5. The van der Waals surface area contributed by atoms with E-state index in [0.717, 1.165) is 0 Å². The number of H-pyrrole nitrogens is 1. The third-order valence-corrected chi connectivity index (χ3v) is 4.08. The lowest BCUT2D eigenvalue weighted by atomic mass is 9.95. The molecular formula is C18H23NO6. The predicted octanol–water partition coefficient (Wildman–Crippen LogP) is 3.02. The third kappa shape index (κ3) is 3.15. The van der Waals surface area contributed by atoms with E-state index in [1.807, 2.05) is 6.92 Å². The standard InChI is InChI=1S/C18H23NO6/c1-6-11-14(13(9(2)20)15(19-11)18(21)22)10-7-8-12(23-3)17(25-5)16(10)24-4/h7-9,19-20H,6H2,1-5H3,(H,21,22). The zero-order chi connectivity index (χ0) is 18.7. The molecule has 1 aromatic carbocycles. The van der Waals surface area contributed by atoms with Gasteiger partial charge in [-0.2, -0.15) is 0 Å². The van der Waals surface area contributed by atoms with Crippen molar-refractivity contribution in [2.75, 3.05) is 21.3 Å². The molecular weight excluding hydrogens is 326 g/mol. The van der Waals surface area contributed by atoms with Crippen LogP contribution in [-0.2, 0) is 6.42 Å². The van der Waals surface area contributed by atoms with Crippen LogP contribution in [0, 0.1) is 0 Å². The number of ether oxygens (including phenoxy) is 3. The molecule has 0 aliphatic rings. The van der Waals surface area contributed by atoms with Crippen molar-refractivity contribution in [2.24, 2.45) is 0 Å². The Labute approximate surface area is 146 Å². The van der Waals surface area contributed by atoms with Crippen LogP contribution in [0.15, 0.2) is 12.1 Å².